The SMILES string of the molecule is CNC(CNC1CCN(C)CC1)C(=O)O. The smallest absolute Gasteiger partial charge is 0.322 e. The van der Waals surface area contributed by atoms with Gasteiger partial charge in [0.15, 0.2) is 0 Å². The van der Waals surface area contributed by atoms with Crippen LogP contribution >= 0.6 is 0 Å². The zero-order valence-corrected chi connectivity index (χ0v) is 9.49. The summed E-state index contributed by atoms with van der Waals surface area (Å²) in [7, 11) is 3.79. The number of piperidine rings is 1. The van der Waals surface area contributed by atoms with Crippen LogP contribution in [0.1, 0.15) is 12.8 Å². The second kappa shape index (κ2) is 6.05. The van der Waals surface area contributed by atoms with Crippen LogP contribution in [-0.4, -0.2) is 61.8 Å². The van der Waals surface area contributed by atoms with E-state index < -0.39 is 12.0 Å². The standard InChI is InChI=1S/C10H21N3O2/c1-11-9(10(14)15)7-12-8-3-5-13(2)6-4-8/h8-9,11-12H,3-7H2,1-2H3,(H,14,15). The summed E-state index contributed by atoms with van der Waals surface area (Å²) in [6.45, 7) is 2.68. The van der Waals surface area contributed by atoms with Gasteiger partial charge in [-0.2, -0.15) is 0 Å². The van der Waals surface area contributed by atoms with E-state index in [-0.39, 0.29) is 0 Å². The van der Waals surface area contributed by atoms with Crippen LogP contribution < -0.4 is 10.6 Å². The Morgan fingerprint density at radius 3 is 2.60 bits per heavy atom. The fraction of sp³-hybridized carbons (Fsp3) is 0.900. The number of likely N-dealkylation sites (tertiary alicyclic amines) is 1. The van der Waals surface area contributed by atoms with Crippen molar-refractivity contribution < 1.29 is 9.90 Å². The van der Waals surface area contributed by atoms with Gasteiger partial charge < -0.3 is 20.6 Å². The summed E-state index contributed by atoms with van der Waals surface area (Å²) in [5.41, 5.74) is 0. The van der Waals surface area contributed by atoms with E-state index in [9.17, 15) is 4.79 Å². The Bertz CT molecular complexity index is 203. The van der Waals surface area contributed by atoms with Gasteiger partial charge in [-0.3, -0.25) is 4.79 Å². The Morgan fingerprint density at radius 1 is 1.53 bits per heavy atom. The van der Waals surface area contributed by atoms with Crippen molar-refractivity contribution in [3.05, 3.63) is 0 Å². The number of hydrogen-bond acceptors (Lipinski definition) is 4. The largest absolute Gasteiger partial charge is 0.480 e. The third-order valence-corrected chi connectivity index (χ3v) is 2.98. The Morgan fingerprint density at radius 2 is 2.13 bits per heavy atom. The van der Waals surface area contributed by atoms with Crippen molar-refractivity contribution in [2.45, 2.75) is 24.9 Å². The predicted octanol–water partition coefficient (Wildman–Crippen LogP) is -0.657. The van der Waals surface area contributed by atoms with Gasteiger partial charge in [0.1, 0.15) is 6.04 Å². The maximum absolute atomic E-state index is 10.7. The molecule has 0 aliphatic carbocycles. The van der Waals surface area contributed by atoms with Crippen LogP contribution in [0.4, 0.5) is 0 Å². The first-order valence-electron chi connectivity index (χ1n) is 5.45. The van der Waals surface area contributed by atoms with Crippen LogP contribution in [0.5, 0.6) is 0 Å². The van der Waals surface area contributed by atoms with Crippen molar-refractivity contribution >= 4 is 5.97 Å². The van der Waals surface area contributed by atoms with Crippen molar-refractivity contribution in [3.8, 4) is 0 Å². The minimum absolute atomic E-state index is 0.469. The zero-order valence-electron chi connectivity index (χ0n) is 9.49. The topological polar surface area (TPSA) is 64.6 Å². The molecule has 3 N–H and O–H groups in total. The molecule has 0 amide bonds. The average molecular weight is 215 g/mol. The highest BCUT2D eigenvalue weighted by molar-refractivity contribution is 5.73. The number of carboxylic acid groups (broad SMARTS) is 1. The number of carbonyl (C=O) groups is 1. The fourth-order valence-electron chi connectivity index (χ4n) is 1.81. The minimum atomic E-state index is -0.794. The van der Waals surface area contributed by atoms with Gasteiger partial charge in [0.2, 0.25) is 0 Å². The molecule has 1 fully saturated rings. The van der Waals surface area contributed by atoms with Crippen molar-refractivity contribution in [2.75, 3.05) is 33.7 Å². The van der Waals surface area contributed by atoms with E-state index >= 15 is 0 Å². The first-order chi connectivity index (χ1) is 7.13. The summed E-state index contributed by atoms with van der Waals surface area (Å²) in [5, 5.41) is 14.9. The van der Waals surface area contributed by atoms with Crippen molar-refractivity contribution in [1.29, 1.82) is 0 Å². The molecule has 1 aliphatic heterocycles. The third kappa shape index (κ3) is 4.15. The Labute approximate surface area is 90.8 Å². The lowest BCUT2D eigenvalue weighted by molar-refractivity contribution is -0.139. The highest BCUT2D eigenvalue weighted by atomic mass is 16.4. The highest BCUT2D eigenvalue weighted by Crippen LogP contribution is 2.07. The molecule has 0 radical (unpaired) electrons. The van der Waals surface area contributed by atoms with Crippen LogP contribution in [0.3, 0.4) is 0 Å². The summed E-state index contributed by atoms with van der Waals surface area (Å²) in [6, 6.07) is -0.0129. The summed E-state index contributed by atoms with van der Waals surface area (Å²) >= 11 is 0. The van der Waals surface area contributed by atoms with E-state index in [4.69, 9.17) is 5.11 Å². The van der Waals surface area contributed by atoms with E-state index in [0.29, 0.717) is 12.6 Å². The molecule has 1 heterocycles. The number of nitrogens with zero attached hydrogens (tertiary/aromatic N) is 1. The van der Waals surface area contributed by atoms with Crippen LogP contribution in [0.15, 0.2) is 0 Å². The van der Waals surface area contributed by atoms with E-state index in [1.165, 1.54) is 0 Å². The molecule has 1 saturated heterocycles. The molecule has 5 heteroatoms. The highest BCUT2D eigenvalue weighted by Gasteiger charge is 2.19. The summed E-state index contributed by atoms with van der Waals surface area (Å²) in [5.74, 6) is -0.794. The van der Waals surface area contributed by atoms with Gasteiger partial charge in [0.05, 0.1) is 0 Å². The van der Waals surface area contributed by atoms with Gasteiger partial charge in [-0.05, 0) is 40.0 Å². The minimum Gasteiger partial charge on any atom is -0.480 e. The summed E-state index contributed by atoms with van der Waals surface area (Å²) in [4.78, 5) is 13.0. The molecule has 1 unspecified atom stereocenters. The average Bonchev–Trinajstić information content (AvgIpc) is 2.21. The first-order valence-corrected chi connectivity index (χ1v) is 5.45. The lowest BCUT2D eigenvalue weighted by Crippen LogP contribution is -2.48. The number of hydrogen-bond donors (Lipinski definition) is 3. The fourth-order valence-corrected chi connectivity index (χ4v) is 1.81. The quantitative estimate of drug-likeness (QED) is 0.568. The second-order valence-electron chi connectivity index (χ2n) is 4.17. The number of likely N-dealkylation sites (N-methyl/N-ethyl adjacent to an activating group) is 1. The van der Waals surface area contributed by atoms with Gasteiger partial charge in [-0.1, -0.05) is 0 Å². The lowest BCUT2D eigenvalue weighted by atomic mass is 10.1. The van der Waals surface area contributed by atoms with Crippen LogP contribution in [0.25, 0.3) is 0 Å². The monoisotopic (exact) mass is 215 g/mol. The molecule has 1 rings (SSSR count). The van der Waals surface area contributed by atoms with Gasteiger partial charge >= 0.3 is 5.97 Å². The number of carboxylic acids is 1. The van der Waals surface area contributed by atoms with Crippen LogP contribution in [0.2, 0.25) is 0 Å². The van der Waals surface area contributed by atoms with Crippen molar-refractivity contribution in [2.24, 2.45) is 0 Å². The molecule has 0 aromatic heterocycles. The molecule has 5 nitrogen and oxygen atoms in total. The Kier molecular flexibility index (Phi) is 5.01. The summed E-state index contributed by atoms with van der Waals surface area (Å²) in [6.07, 6.45) is 2.21. The van der Waals surface area contributed by atoms with Crippen molar-refractivity contribution in [3.63, 3.8) is 0 Å². The zero-order chi connectivity index (χ0) is 11.3. The van der Waals surface area contributed by atoms with E-state index in [2.05, 4.69) is 22.6 Å². The summed E-state index contributed by atoms with van der Waals surface area (Å²) < 4.78 is 0. The number of aliphatic carboxylic acids is 1. The van der Waals surface area contributed by atoms with Crippen LogP contribution in [0, 0.1) is 0 Å². The third-order valence-electron chi connectivity index (χ3n) is 2.98. The van der Waals surface area contributed by atoms with E-state index in [1.807, 2.05) is 0 Å². The Hall–Kier alpha value is -0.650. The van der Waals surface area contributed by atoms with E-state index in [1.54, 1.807) is 7.05 Å². The molecular weight excluding hydrogens is 194 g/mol. The molecule has 1 atom stereocenters. The Balaban J connectivity index is 2.21. The molecule has 1 aliphatic rings. The van der Waals surface area contributed by atoms with Gasteiger partial charge in [0, 0.05) is 12.6 Å². The lowest BCUT2D eigenvalue weighted by Gasteiger charge is -2.30. The molecule has 0 saturated carbocycles. The van der Waals surface area contributed by atoms with Gasteiger partial charge in [-0.15, -0.1) is 0 Å². The van der Waals surface area contributed by atoms with E-state index in [0.717, 1.165) is 25.9 Å². The molecule has 0 aromatic rings. The van der Waals surface area contributed by atoms with Gasteiger partial charge in [-0.25, -0.2) is 0 Å². The van der Waals surface area contributed by atoms with Crippen molar-refractivity contribution in [1.82, 2.24) is 15.5 Å². The predicted molar refractivity (Wildman–Crippen MR) is 59.0 cm³/mol. The normalized spacial score (nSPS) is 21.5. The first kappa shape index (κ1) is 12.4. The number of rotatable bonds is 5. The molecule has 0 bridgehead atoms. The molecule has 88 valence electrons. The maximum Gasteiger partial charge on any atom is 0.322 e. The van der Waals surface area contributed by atoms with Gasteiger partial charge in [0.25, 0.3) is 0 Å². The molecule has 0 spiro atoms. The molecular formula is C10H21N3O2. The molecule has 15 heavy (non-hydrogen) atoms. The maximum atomic E-state index is 10.7. The second-order valence-corrected chi connectivity index (χ2v) is 4.17. The molecule has 0 aromatic carbocycles. The van der Waals surface area contributed by atoms with Crippen LogP contribution in [-0.2, 0) is 4.79 Å². The number of nitrogens with one attached hydrogen (secondary N) is 2.